The second-order valence-electron chi connectivity index (χ2n) is 6.84. The molecule has 1 saturated heterocycles. The monoisotopic (exact) mass is 361 g/mol. The fraction of sp³-hybridized carbons (Fsp3) is 0.286. The van der Waals surface area contributed by atoms with E-state index in [1.54, 1.807) is 6.20 Å². The molecule has 3 aromatic rings. The summed E-state index contributed by atoms with van der Waals surface area (Å²) in [5, 5.41) is 6.91. The lowest BCUT2D eigenvalue weighted by Crippen LogP contribution is -2.35. The highest BCUT2D eigenvalue weighted by atomic mass is 16.2. The van der Waals surface area contributed by atoms with Crippen LogP contribution < -0.4 is 4.90 Å². The fourth-order valence-electron chi connectivity index (χ4n) is 3.57. The zero-order valence-electron chi connectivity index (χ0n) is 15.4. The zero-order valence-corrected chi connectivity index (χ0v) is 15.4. The van der Waals surface area contributed by atoms with Gasteiger partial charge in [0.25, 0.3) is 5.91 Å². The highest BCUT2D eigenvalue weighted by molar-refractivity contribution is 5.94. The van der Waals surface area contributed by atoms with E-state index < -0.39 is 0 Å². The van der Waals surface area contributed by atoms with Gasteiger partial charge in [-0.15, -0.1) is 0 Å². The highest BCUT2D eigenvalue weighted by Gasteiger charge is 2.21. The number of aryl methyl sites for hydroxylation is 1. The Balaban J connectivity index is 1.44. The van der Waals surface area contributed by atoms with Crippen LogP contribution in [0.1, 0.15) is 22.3 Å². The number of hydrogen-bond acceptors (Lipinski definition) is 4. The summed E-state index contributed by atoms with van der Waals surface area (Å²) in [4.78, 5) is 21.4. The van der Waals surface area contributed by atoms with Crippen LogP contribution >= 0.6 is 0 Å². The number of pyridine rings is 1. The normalized spacial score (nSPS) is 14.9. The van der Waals surface area contributed by atoms with Gasteiger partial charge in [-0.2, -0.15) is 5.10 Å². The van der Waals surface area contributed by atoms with Crippen molar-refractivity contribution >= 4 is 11.6 Å². The number of H-pyrrole nitrogens is 1. The van der Waals surface area contributed by atoms with Gasteiger partial charge < -0.3 is 9.80 Å². The third-order valence-electron chi connectivity index (χ3n) is 5.06. The second-order valence-corrected chi connectivity index (χ2v) is 6.84. The number of amides is 1. The molecule has 1 N–H and O–H groups in total. The number of nitrogens with zero attached hydrogens (tertiary/aromatic N) is 4. The Kier molecular flexibility index (Phi) is 4.87. The average molecular weight is 361 g/mol. The predicted molar refractivity (Wildman–Crippen MR) is 106 cm³/mol. The van der Waals surface area contributed by atoms with E-state index >= 15 is 0 Å². The molecule has 1 aliphatic rings. The summed E-state index contributed by atoms with van der Waals surface area (Å²) in [6, 6.07) is 11.7. The first kappa shape index (κ1) is 17.3. The Hall–Kier alpha value is -3.15. The van der Waals surface area contributed by atoms with Crippen LogP contribution in [0.5, 0.6) is 0 Å². The predicted octanol–water partition coefficient (Wildman–Crippen LogP) is 3.13. The summed E-state index contributed by atoms with van der Waals surface area (Å²) in [5.41, 5.74) is 5.09. The van der Waals surface area contributed by atoms with E-state index in [2.05, 4.69) is 33.1 Å². The molecule has 0 bridgehead atoms. The maximum absolute atomic E-state index is 12.9. The van der Waals surface area contributed by atoms with Gasteiger partial charge in [0.05, 0.1) is 5.69 Å². The number of carbonyl (C=O) groups is 1. The average Bonchev–Trinajstić information content (AvgIpc) is 3.13. The van der Waals surface area contributed by atoms with Crippen LogP contribution in [-0.2, 0) is 0 Å². The third kappa shape index (κ3) is 3.69. The van der Waals surface area contributed by atoms with Crippen LogP contribution in [0, 0.1) is 6.92 Å². The van der Waals surface area contributed by atoms with Gasteiger partial charge in [-0.3, -0.25) is 14.9 Å². The molecule has 0 spiro atoms. The van der Waals surface area contributed by atoms with Gasteiger partial charge in [-0.25, -0.2) is 0 Å². The molecule has 0 atom stereocenters. The molecule has 27 heavy (non-hydrogen) atoms. The topological polar surface area (TPSA) is 65.1 Å². The number of rotatable bonds is 3. The largest absolute Gasteiger partial charge is 0.369 e. The highest BCUT2D eigenvalue weighted by Crippen LogP contribution is 2.21. The molecule has 4 rings (SSSR count). The number of anilines is 1. The lowest BCUT2D eigenvalue weighted by atomic mass is 10.1. The van der Waals surface area contributed by atoms with Crippen LogP contribution in [0.2, 0.25) is 0 Å². The first-order valence-electron chi connectivity index (χ1n) is 9.27. The van der Waals surface area contributed by atoms with Crippen LogP contribution in [-0.4, -0.2) is 52.2 Å². The Labute approximate surface area is 158 Å². The molecule has 1 aromatic carbocycles. The van der Waals surface area contributed by atoms with E-state index in [9.17, 15) is 4.79 Å². The minimum atomic E-state index is 0.0967. The van der Waals surface area contributed by atoms with Crippen molar-refractivity contribution < 1.29 is 4.79 Å². The minimum Gasteiger partial charge on any atom is -0.369 e. The van der Waals surface area contributed by atoms with Crippen molar-refractivity contribution in [1.82, 2.24) is 20.1 Å². The van der Waals surface area contributed by atoms with Gasteiger partial charge in [0.1, 0.15) is 0 Å². The minimum absolute atomic E-state index is 0.0967. The van der Waals surface area contributed by atoms with Gasteiger partial charge in [-0.1, -0.05) is 12.1 Å². The van der Waals surface area contributed by atoms with Gasteiger partial charge in [0.15, 0.2) is 0 Å². The van der Waals surface area contributed by atoms with E-state index in [4.69, 9.17) is 0 Å². The molecule has 138 valence electrons. The lowest BCUT2D eigenvalue weighted by Gasteiger charge is -2.25. The van der Waals surface area contributed by atoms with Crippen molar-refractivity contribution in [1.29, 1.82) is 0 Å². The number of aromatic nitrogens is 3. The molecule has 1 fully saturated rings. The number of carbonyl (C=O) groups excluding carboxylic acids is 1. The molecule has 6 nitrogen and oxygen atoms in total. The first-order valence-corrected chi connectivity index (χ1v) is 9.27. The Bertz CT molecular complexity index is 905. The SMILES string of the molecule is Cc1cnccc1N1CCCN(C(=O)c2ccc(-c3ccn[nH]3)cc2)CC1. The Morgan fingerprint density at radius 1 is 1.00 bits per heavy atom. The molecule has 3 heterocycles. The molecule has 2 aromatic heterocycles. The van der Waals surface area contributed by atoms with E-state index in [0.29, 0.717) is 0 Å². The Morgan fingerprint density at radius 2 is 1.85 bits per heavy atom. The molecule has 1 amide bonds. The summed E-state index contributed by atoms with van der Waals surface area (Å²) < 4.78 is 0. The maximum atomic E-state index is 12.9. The van der Waals surface area contributed by atoms with Crippen LogP contribution in [0.15, 0.2) is 55.0 Å². The van der Waals surface area contributed by atoms with Crippen molar-refractivity contribution in [3.8, 4) is 11.3 Å². The number of aromatic amines is 1. The summed E-state index contributed by atoms with van der Waals surface area (Å²) in [7, 11) is 0. The van der Waals surface area contributed by atoms with E-state index in [-0.39, 0.29) is 5.91 Å². The third-order valence-corrected chi connectivity index (χ3v) is 5.06. The van der Waals surface area contributed by atoms with Crippen molar-refractivity contribution in [2.75, 3.05) is 31.1 Å². The lowest BCUT2D eigenvalue weighted by molar-refractivity contribution is 0.0767. The van der Waals surface area contributed by atoms with Crippen molar-refractivity contribution in [2.24, 2.45) is 0 Å². The molecule has 0 radical (unpaired) electrons. The smallest absolute Gasteiger partial charge is 0.253 e. The standard InChI is InChI=1S/C21H23N5O/c1-16-15-22-9-8-20(16)25-11-2-12-26(14-13-25)21(27)18-5-3-17(4-6-18)19-7-10-23-24-19/h3-10,15H,2,11-14H2,1H3,(H,23,24). The van der Waals surface area contributed by atoms with Crippen molar-refractivity contribution in [3.63, 3.8) is 0 Å². The fourth-order valence-corrected chi connectivity index (χ4v) is 3.57. The van der Waals surface area contributed by atoms with Crippen LogP contribution in [0.4, 0.5) is 5.69 Å². The summed E-state index contributed by atoms with van der Waals surface area (Å²) >= 11 is 0. The first-order chi connectivity index (χ1) is 13.2. The van der Waals surface area contributed by atoms with E-state index in [1.165, 1.54) is 11.3 Å². The van der Waals surface area contributed by atoms with Gasteiger partial charge in [0, 0.05) is 56.0 Å². The molecule has 1 aliphatic heterocycles. The molecule has 0 aliphatic carbocycles. The summed E-state index contributed by atoms with van der Waals surface area (Å²) in [6.07, 6.45) is 6.41. The van der Waals surface area contributed by atoms with Crippen molar-refractivity contribution in [3.05, 3.63) is 66.1 Å². The molecule has 0 unspecified atom stereocenters. The van der Waals surface area contributed by atoms with Crippen molar-refractivity contribution in [2.45, 2.75) is 13.3 Å². The van der Waals surface area contributed by atoms with E-state index in [1.807, 2.05) is 47.6 Å². The maximum Gasteiger partial charge on any atom is 0.253 e. The number of benzene rings is 1. The van der Waals surface area contributed by atoms with E-state index in [0.717, 1.165) is 49.4 Å². The zero-order chi connectivity index (χ0) is 18.6. The van der Waals surface area contributed by atoms with Crippen LogP contribution in [0.3, 0.4) is 0 Å². The number of hydrogen-bond donors (Lipinski definition) is 1. The van der Waals surface area contributed by atoms with Gasteiger partial charge >= 0.3 is 0 Å². The van der Waals surface area contributed by atoms with Gasteiger partial charge in [-0.05, 0) is 48.7 Å². The van der Waals surface area contributed by atoms with Gasteiger partial charge in [0.2, 0.25) is 0 Å². The summed E-state index contributed by atoms with van der Waals surface area (Å²) in [6.45, 7) is 5.37. The second kappa shape index (κ2) is 7.61. The van der Waals surface area contributed by atoms with Crippen LogP contribution in [0.25, 0.3) is 11.3 Å². The molecule has 6 heteroatoms. The number of nitrogens with one attached hydrogen (secondary N) is 1. The molecular weight excluding hydrogens is 338 g/mol. The summed E-state index contributed by atoms with van der Waals surface area (Å²) in [5.74, 6) is 0.0967. The molecule has 0 saturated carbocycles. The quantitative estimate of drug-likeness (QED) is 0.778. The Morgan fingerprint density at radius 3 is 2.59 bits per heavy atom. The molecular formula is C21H23N5O.